The lowest BCUT2D eigenvalue weighted by atomic mass is 10.0. The number of hydrogen-bond donors (Lipinski definition) is 1. The molecule has 0 saturated carbocycles. The molecule has 1 aliphatic rings. The van der Waals surface area contributed by atoms with Crippen LogP contribution in [0.3, 0.4) is 0 Å². The number of pyridine rings is 1. The molecule has 0 radical (unpaired) electrons. The van der Waals surface area contributed by atoms with Gasteiger partial charge in [-0.25, -0.2) is 5.01 Å². The molecule has 0 amide bonds. The van der Waals surface area contributed by atoms with Crippen molar-refractivity contribution in [1.82, 2.24) is 9.99 Å². The van der Waals surface area contributed by atoms with Crippen LogP contribution < -0.4 is 5.84 Å². The SMILES string of the molecule is CC(=O)c1ccccn1.C[C@@H]1CCC[C@H](C)N1N. The molecule has 1 aromatic heterocycles. The highest BCUT2D eigenvalue weighted by molar-refractivity contribution is 5.91. The van der Waals surface area contributed by atoms with Crippen LogP contribution >= 0.6 is 0 Å². The van der Waals surface area contributed by atoms with Crippen molar-refractivity contribution in [2.45, 2.75) is 52.1 Å². The van der Waals surface area contributed by atoms with E-state index in [1.54, 1.807) is 24.4 Å². The number of Topliss-reactive ketones (excluding diaryl/α,β-unsaturated/α-hetero) is 1. The first-order chi connectivity index (χ1) is 8.52. The molecular weight excluding hydrogens is 226 g/mol. The van der Waals surface area contributed by atoms with Gasteiger partial charge in [0.15, 0.2) is 5.78 Å². The Morgan fingerprint density at radius 2 is 1.94 bits per heavy atom. The van der Waals surface area contributed by atoms with Gasteiger partial charge in [-0.1, -0.05) is 12.5 Å². The molecule has 1 fully saturated rings. The van der Waals surface area contributed by atoms with E-state index in [-0.39, 0.29) is 5.78 Å². The summed E-state index contributed by atoms with van der Waals surface area (Å²) in [4.78, 5) is 14.4. The zero-order valence-electron chi connectivity index (χ0n) is 11.5. The lowest BCUT2D eigenvalue weighted by molar-refractivity contribution is 0.101. The van der Waals surface area contributed by atoms with E-state index in [9.17, 15) is 4.79 Å². The molecule has 0 aromatic carbocycles. The number of piperidine rings is 1. The van der Waals surface area contributed by atoms with Crippen LogP contribution in [0.15, 0.2) is 24.4 Å². The van der Waals surface area contributed by atoms with E-state index in [0.717, 1.165) is 0 Å². The van der Waals surface area contributed by atoms with E-state index in [4.69, 9.17) is 5.84 Å². The summed E-state index contributed by atoms with van der Waals surface area (Å²) in [6.07, 6.45) is 5.48. The topological polar surface area (TPSA) is 59.2 Å². The zero-order chi connectivity index (χ0) is 13.5. The van der Waals surface area contributed by atoms with Crippen molar-refractivity contribution in [1.29, 1.82) is 0 Å². The van der Waals surface area contributed by atoms with Gasteiger partial charge in [0.25, 0.3) is 0 Å². The van der Waals surface area contributed by atoms with Crippen molar-refractivity contribution in [2.24, 2.45) is 5.84 Å². The predicted octanol–water partition coefficient (Wildman–Crippen LogP) is 2.41. The van der Waals surface area contributed by atoms with Crippen LogP contribution in [0.2, 0.25) is 0 Å². The van der Waals surface area contributed by atoms with Crippen molar-refractivity contribution >= 4 is 5.78 Å². The summed E-state index contributed by atoms with van der Waals surface area (Å²) < 4.78 is 0. The minimum Gasteiger partial charge on any atom is -0.293 e. The van der Waals surface area contributed by atoms with Crippen LogP contribution in [0, 0.1) is 0 Å². The van der Waals surface area contributed by atoms with Crippen molar-refractivity contribution in [3.8, 4) is 0 Å². The molecule has 0 aliphatic carbocycles. The zero-order valence-corrected chi connectivity index (χ0v) is 11.5. The van der Waals surface area contributed by atoms with Crippen molar-refractivity contribution in [2.75, 3.05) is 0 Å². The molecule has 0 unspecified atom stereocenters. The van der Waals surface area contributed by atoms with Crippen LogP contribution in [0.1, 0.15) is 50.5 Å². The van der Waals surface area contributed by atoms with Gasteiger partial charge < -0.3 is 0 Å². The number of nitrogens with two attached hydrogens (primary N) is 1. The van der Waals surface area contributed by atoms with Crippen LogP contribution in [-0.4, -0.2) is 27.9 Å². The Labute approximate surface area is 109 Å². The van der Waals surface area contributed by atoms with E-state index >= 15 is 0 Å². The summed E-state index contributed by atoms with van der Waals surface area (Å²) in [5.41, 5.74) is 0.525. The first-order valence-electron chi connectivity index (χ1n) is 6.47. The lowest BCUT2D eigenvalue weighted by Crippen LogP contribution is -2.48. The predicted molar refractivity (Wildman–Crippen MR) is 73.0 cm³/mol. The number of ketones is 1. The summed E-state index contributed by atoms with van der Waals surface area (Å²) in [6.45, 7) is 5.88. The van der Waals surface area contributed by atoms with E-state index < -0.39 is 0 Å². The highest BCUT2D eigenvalue weighted by Gasteiger charge is 2.20. The van der Waals surface area contributed by atoms with Gasteiger partial charge >= 0.3 is 0 Å². The van der Waals surface area contributed by atoms with Gasteiger partial charge in [-0.3, -0.25) is 15.6 Å². The summed E-state index contributed by atoms with van der Waals surface area (Å²) >= 11 is 0. The second-order valence-corrected chi connectivity index (χ2v) is 4.85. The summed E-state index contributed by atoms with van der Waals surface area (Å²) in [5, 5.41) is 1.98. The molecule has 1 aliphatic heterocycles. The third-order valence-electron chi connectivity index (χ3n) is 3.29. The summed E-state index contributed by atoms with van der Waals surface area (Å²) in [6, 6.07) is 6.46. The Balaban J connectivity index is 0.000000180. The molecule has 2 heterocycles. The smallest absolute Gasteiger partial charge is 0.178 e. The molecule has 2 atom stereocenters. The van der Waals surface area contributed by atoms with Crippen LogP contribution in [0.5, 0.6) is 0 Å². The molecule has 0 spiro atoms. The normalized spacial score (nSPS) is 24.0. The van der Waals surface area contributed by atoms with Gasteiger partial charge in [-0.2, -0.15) is 0 Å². The third-order valence-corrected chi connectivity index (χ3v) is 3.29. The molecular formula is C14H23N3O. The van der Waals surface area contributed by atoms with Crippen molar-refractivity contribution in [3.63, 3.8) is 0 Å². The molecule has 0 bridgehead atoms. The lowest BCUT2D eigenvalue weighted by Gasteiger charge is -2.34. The monoisotopic (exact) mass is 249 g/mol. The minimum atomic E-state index is 0.00981. The van der Waals surface area contributed by atoms with Gasteiger partial charge in [0.05, 0.1) is 0 Å². The molecule has 4 heteroatoms. The van der Waals surface area contributed by atoms with Gasteiger partial charge in [-0.05, 0) is 38.8 Å². The van der Waals surface area contributed by atoms with E-state index in [0.29, 0.717) is 17.8 Å². The molecule has 2 N–H and O–H groups in total. The van der Waals surface area contributed by atoms with Gasteiger partial charge in [0, 0.05) is 25.2 Å². The minimum absolute atomic E-state index is 0.00981. The van der Waals surface area contributed by atoms with Crippen LogP contribution in [0.25, 0.3) is 0 Å². The maximum atomic E-state index is 10.6. The first-order valence-corrected chi connectivity index (χ1v) is 6.47. The molecule has 18 heavy (non-hydrogen) atoms. The number of carbonyl (C=O) groups is 1. The van der Waals surface area contributed by atoms with E-state index in [1.807, 2.05) is 5.01 Å². The number of hydrogen-bond acceptors (Lipinski definition) is 4. The van der Waals surface area contributed by atoms with Crippen molar-refractivity contribution < 1.29 is 4.79 Å². The Kier molecular flexibility index (Phi) is 5.95. The van der Waals surface area contributed by atoms with E-state index in [1.165, 1.54) is 26.2 Å². The quantitative estimate of drug-likeness (QED) is 0.613. The highest BCUT2D eigenvalue weighted by Crippen LogP contribution is 2.18. The standard InChI is InChI=1S/C7H16N2.C7H7NO/c1-6-4-3-5-7(2)9(6)8;1-6(9)7-4-2-3-5-8-7/h6-7H,3-5,8H2,1-2H3;2-5H,1H3/t6-,7+;. The van der Waals surface area contributed by atoms with Gasteiger partial charge in [-0.15, -0.1) is 0 Å². The Morgan fingerprint density at radius 3 is 2.28 bits per heavy atom. The number of carbonyl (C=O) groups excluding carboxylic acids is 1. The largest absolute Gasteiger partial charge is 0.293 e. The fourth-order valence-corrected chi connectivity index (χ4v) is 2.01. The second kappa shape index (κ2) is 7.24. The fraction of sp³-hybridized carbons (Fsp3) is 0.571. The molecule has 1 aromatic rings. The number of aromatic nitrogens is 1. The summed E-state index contributed by atoms with van der Waals surface area (Å²) in [5.74, 6) is 5.76. The second-order valence-electron chi connectivity index (χ2n) is 4.85. The average Bonchev–Trinajstić information content (AvgIpc) is 2.38. The maximum absolute atomic E-state index is 10.6. The number of hydrazine groups is 1. The fourth-order valence-electron chi connectivity index (χ4n) is 2.01. The van der Waals surface area contributed by atoms with Crippen LogP contribution in [-0.2, 0) is 0 Å². The Morgan fingerprint density at radius 1 is 1.33 bits per heavy atom. The van der Waals surface area contributed by atoms with Gasteiger partial charge in [0.1, 0.15) is 5.69 Å². The summed E-state index contributed by atoms with van der Waals surface area (Å²) in [7, 11) is 0. The molecule has 2 rings (SSSR count). The van der Waals surface area contributed by atoms with Crippen molar-refractivity contribution in [3.05, 3.63) is 30.1 Å². The molecule has 4 nitrogen and oxygen atoms in total. The van der Waals surface area contributed by atoms with E-state index in [2.05, 4.69) is 18.8 Å². The van der Waals surface area contributed by atoms with Gasteiger partial charge in [0.2, 0.25) is 0 Å². The third kappa shape index (κ3) is 4.55. The number of nitrogens with zero attached hydrogens (tertiary/aromatic N) is 2. The average molecular weight is 249 g/mol. The molecule has 1 saturated heterocycles. The number of rotatable bonds is 1. The Bertz CT molecular complexity index is 357. The van der Waals surface area contributed by atoms with Crippen LogP contribution in [0.4, 0.5) is 0 Å². The molecule has 100 valence electrons. The first kappa shape index (κ1) is 14.8. The maximum Gasteiger partial charge on any atom is 0.178 e. The Hall–Kier alpha value is -1.26. The highest BCUT2D eigenvalue weighted by atomic mass is 16.1.